The van der Waals surface area contributed by atoms with E-state index in [0.717, 1.165) is 5.75 Å². The van der Waals surface area contributed by atoms with Crippen LogP contribution in [0.1, 0.15) is 19.3 Å². The van der Waals surface area contributed by atoms with Crippen LogP contribution in [0.4, 0.5) is 0 Å². The molecule has 1 aromatic rings. The Balaban J connectivity index is 1.87. The van der Waals surface area contributed by atoms with Crippen LogP contribution in [0.2, 0.25) is 0 Å². The maximum atomic E-state index is 11.5. The first kappa shape index (κ1) is 10.9. The van der Waals surface area contributed by atoms with E-state index in [0.29, 0.717) is 19.4 Å². The van der Waals surface area contributed by atoms with Crippen molar-refractivity contribution < 1.29 is 14.3 Å². The van der Waals surface area contributed by atoms with Crippen LogP contribution in [0.5, 0.6) is 5.75 Å². The lowest BCUT2D eigenvalue weighted by molar-refractivity contribution is -0.133. The molecule has 16 heavy (non-hydrogen) atoms. The van der Waals surface area contributed by atoms with E-state index in [9.17, 15) is 9.59 Å². The number of Topliss-reactive ketones (excluding diaryl/α,β-unsaturated/α-hetero) is 2. The third kappa shape index (κ3) is 2.69. The molecule has 1 unspecified atom stereocenters. The summed E-state index contributed by atoms with van der Waals surface area (Å²) in [5.74, 6) is 0.734. The molecule has 1 saturated carbocycles. The standard InChI is InChI=1S/C13H14O3/c14-11-7-6-10(13(15)8-11)9-16-12-4-2-1-3-5-12/h1-5,10H,6-9H2. The molecule has 1 aromatic carbocycles. The van der Waals surface area contributed by atoms with Gasteiger partial charge < -0.3 is 4.74 Å². The molecule has 1 fully saturated rings. The molecule has 0 heterocycles. The van der Waals surface area contributed by atoms with Crippen LogP contribution in [0.15, 0.2) is 30.3 Å². The molecular weight excluding hydrogens is 204 g/mol. The molecule has 3 heteroatoms. The largest absolute Gasteiger partial charge is 0.493 e. The molecular formula is C13H14O3. The monoisotopic (exact) mass is 218 g/mol. The Morgan fingerprint density at radius 1 is 1.19 bits per heavy atom. The first-order chi connectivity index (χ1) is 7.75. The highest BCUT2D eigenvalue weighted by Gasteiger charge is 2.27. The highest BCUT2D eigenvalue weighted by Crippen LogP contribution is 2.20. The van der Waals surface area contributed by atoms with Gasteiger partial charge in [-0.1, -0.05) is 18.2 Å². The zero-order chi connectivity index (χ0) is 11.4. The van der Waals surface area contributed by atoms with Crippen LogP contribution in [-0.2, 0) is 9.59 Å². The molecule has 84 valence electrons. The Hall–Kier alpha value is -1.64. The number of carbonyl (C=O) groups excluding carboxylic acids is 2. The molecule has 2 rings (SSSR count). The van der Waals surface area contributed by atoms with Crippen molar-refractivity contribution in [1.29, 1.82) is 0 Å². The fraction of sp³-hybridized carbons (Fsp3) is 0.385. The summed E-state index contributed by atoms with van der Waals surface area (Å²) in [5, 5.41) is 0. The van der Waals surface area contributed by atoms with Gasteiger partial charge >= 0.3 is 0 Å². The number of ketones is 2. The zero-order valence-electron chi connectivity index (χ0n) is 9.02. The normalized spacial score (nSPS) is 20.9. The maximum Gasteiger partial charge on any atom is 0.146 e. The lowest BCUT2D eigenvalue weighted by Gasteiger charge is -2.19. The first-order valence-corrected chi connectivity index (χ1v) is 5.48. The van der Waals surface area contributed by atoms with Crippen LogP contribution < -0.4 is 4.74 Å². The van der Waals surface area contributed by atoms with Gasteiger partial charge in [-0.2, -0.15) is 0 Å². The summed E-state index contributed by atoms with van der Waals surface area (Å²) < 4.78 is 5.52. The number of rotatable bonds is 3. The Morgan fingerprint density at radius 2 is 1.94 bits per heavy atom. The number of hydrogen-bond donors (Lipinski definition) is 0. The van der Waals surface area contributed by atoms with Crippen LogP contribution in [0.3, 0.4) is 0 Å². The Kier molecular flexibility index (Phi) is 3.34. The smallest absolute Gasteiger partial charge is 0.146 e. The molecule has 0 N–H and O–H groups in total. The van der Waals surface area contributed by atoms with E-state index < -0.39 is 0 Å². The van der Waals surface area contributed by atoms with Crippen molar-refractivity contribution in [2.24, 2.45) is 5.92 Å². The number of ether oxygens (including phenoxy) is 1. The SMILES string of the molecule is O=C1CCC(COc2ccccc2)C(=O)C1. The van der Waals surface area contributed by atoms with Crippen LogP contribution >= 0.6 is 0 Å². The minimum atomic E-state index is -0.113. The van der Waals surface area contributed by atoms with Gasteiger partial charge in [-0.3, -0.25) is 9.59 Å². The summed E-state index contributed by atoms with van der Waals surface area (Å²) >= 11 is 0. The van der Waals surface area contributed by atoms with E-state index in [4.69, 9.17) is 4.74 Å². The van der Waals surface area contributed by atoms with Gasteiger partial charge in [0, 0.05) is 6.42 Å². The second kappa shape index (κ2) is 4.92. The van der Waals surface area contributed by atoms with E-state index in [2.05, 4.69) is 0 Å². The van der Waals surface area contributed by atoms with Crippen molar-refractivity contribution in [3.63, 3.8) is 0 Å². The molecule has 0 bridgehead atoms. The quantitative estimate of drug-likeness (QED) is 0.729. The van der Waals surface area contributed by atoms with Crippen molar-refractivity contribution in [3.05, 3.63) is 30.3 Å². The molecule has 1 atom stereocenters. The third-order valence-electron chi connectivity index (χ3n) is 2.79. The molecule has 0 amide bonds. The number of hydrogen-bond acceptors (Lipinski definition) is 3. The molecule has 0 aromatic heterocycles. The molecule has 0 saturated heterocycles. The summed E-state index contributed by atoms with van der Waals surface area (Å²) in [6.45, 7) is 0.385. The average molecular weight is 218 g/mol. The Morgan fingerprint density at radius 3 is 2.62 bits per heavy atom. The van der Waals surface area contributed by atoms with Gasteiger partial charge in [0.05, 0.1) is 18.9 Å². The average Bonchev–Trinajstić information content (AvgIpc) is 2.29. The first-order valence-electron chi connectivity index (χ1n) is 5.48. The summed E-state index contributed by atoms with van der Waals surface area (Å²) in [5.41, 5.74) is 0. The van der Waals surface area contributed by atoms with E-state index in [1.54, 1.807) is 0 Å². The second-order valence-corrected chi connectivity index (χ2v) is 4.04. The van der Waals surface area contributed by atoms with E-state index in [1.165, 1.54) is 0 Å². The molecule has 0 radical (unpaired) electrons. The van der Waals surface area contributed by atoms with Crippen LogP contribution in [-0.4, -0.2) is 18.2 Å². The van der Waals surface area contributed by atoms with Gasteiger partial charge in [0.25, 0.3) is 0 Å². The van der Waals surface area contributed by atoms with Gasteiger partial charge in [0.2, 0.25) is 0 Å². The van der Waals surface area contributed by atoms with Gasteiger partial charge in [-0.05, 0) is 18.6 Å². The zero-order valence-corrected chi connectivity index (χ0v) is 9.02. The van der Waals surface area contributed by atoms with Crippen molar-refractivity contribution in [3.8, 4) is 5.75 Å². The molecule has 1 aliphatic carbocycles. The van der Waals surface area contributed by atoms with Gasteiger partial charge in [-0.15, -0.1) is 0 Å². The molecule has 3 nitrogen and oxygen atoms in total. The lowest BCUT2D eigenvalue weighted by Crippen LogP contribution is -2.29. The topological polar surface area (TPSA) is 43.4 Å². The predicted molar refractivity (Wildman–Crippen MR) is 59.3 cm³/mol. The van der Waals surface area contributed by atoms with E-state index in [-0.39, 0.29) is 23.9 Å². The molecule has 0 aliphatic heterocycles. The molecule has 0 spiro atoms. The number of benzene rings is 1. The highest BCUT2D eigenvalue weighted by molar-refractivity contribution is 6.02. The summed E-state index contributed by atoms with van der Waals surface area (Å²) in [6, 6.07) is 9.41. The van der Waals surface area contributed by atoms with Gasteiger partial charge in [-0.25, -0.2) is 0 Å². The minimum absolute atomic E-state index is 0.0205. The fourth-order valence-corrected chi connectivity index (χ4v) is 1.81. The van der Waals surface area contributed by atoms with E-state index in [1.807, 2.05) is 30.3 Å². The fourth-order valence-electron chi connectivity index (χ4n) is 1.81. The summed E-state index contributed by atoms with van der Waals surface area (Å²) in [6.07, 6.45) is 1.22. The highest BCUT2D eigenvalue weighted by atomic mass is 16.5. The van der Waals surface area contributed by atoms with Crippen LogP contribution in [0.25, 0.3) is 0 Å². The summed E-state index contributed by atoms with van der Waals surface area (Å²) in [7, 11) is 0. The lowest BCUT2D eigenvalue weighted by atomic mass is 9.88. The van der Waals surface area contributed by atoms with Crippen molar-refractivity contribution >= 4 is 11.6 Å². The Bertz CT molecular complexity index is 383. The molecule has 1 aliphatic rings. The Labute approximate surface area is 94.4 Å². The van der Waals surface area contributed by atoms with Crippen molar-refractivity contribution in [2.45, 2.75) is 19.3 Å². The maximum absolute atomic E-state index is 11.5. The van der Waals surface area contributed by atoms with Crippen molar-refractivity contribution in [2.75, 3.05) is 6.61 Å². The van der Waals surface area contributed by atoms with Gasteiger partial charge in [0.15, 0.2) is 0 Å². The number of para-hydroxylation sites is 1. The number of carbonyl (C=O) groups is 2. The summed E-state index contributed by atoms with van der Waals surface area (Å²) in [4.78, 5) is 22.6. The predicted octanol–water partition coefficient (Wildman–Crippen LogP) is 2.00. The van der Waals surface area contributed by atoms with E-state index >= 15 is 0 Å². The third-order valence-corrected chi connectivity index (χ3v) is 2.79. The van der Waals surface area contributed by atoms with Gasteiger partial charge in [0.1, 0.15) is 17.3 Å². The van der Waals surface area contributed by atoms with Crippen molar-refractivity contribution in [1.82, 2.24) is 0 Å². The van der Waals surface area contributed by atoms with Crippen LogP contribution in [0, 0.1) is 5.92 Å². The minimum Gasteiger partial charge on any atom is -0.493 e. The second-order valence-electron chi connectivity index (χ2n) is 4.04.